The number of non-ortho nitro benzene ring substituents is 1. The first kappa shape index (κ1) is 23.3. The number of hydrogen-bond donors (Lipinski definition) is 2. The Morgan fingerprint density at radius 3 is 2.75 bits per heavy atom. The van der Waals surface area contributed by atoms with Crippen molar-refractivity contribution >= 4 is 50.9 Å². The number of nitrogens with zero attached hydrogens (tertiary/aromatic N) is 5. The molecule has 0 saturated carbocycles. The van der Waals surface area contributed by atoms with Gasteiger partial charge in [0.25, 0.3) is 11.6 Å². The number of nitrogens with one attached hydrogen (secondary N) is 2. The van der Waals surface area contributed by atoms with Gasteiger partial charge in [-0.25, -0.2) is 0 Å². The number of aromatic nitrogens is 4. The first-order valence-electron chi connectivity index (χ1n) is 10.7. The Kier molecular flexibility index (Phi) is 6.23. The summed E-state index contributed by atoms with van der Waals surface area (Å²) in [7, 11) is 0. The second kappa shape index (κ2) is 9.64. The highest BCUT2D eigenvalue weighted by Crippen LogP contribution is 2.28. The SMILES string of the molecule is CCc1nnc2sc(-c3cccc(NC(=S)NC(=O)c4ccc(-c5cccc([N+](=O)[O-])c5)o4)c3)nn12. The van der Waals surface area contributed by atoms with E-state index in [-0.39, 0.29) is 16.6 Å². The first-order valence-corrected chi connectivity index (χ1v) is 11.9. The molecule has 2 aromatic carbocycles. The van der Waals surface area contributed by atoms with Crippen molar-refractivity contribution in [1.82, 2.24) is 25.1 Å². The molecule has 0 fully saturated rings. The number of carbonyl (C=O) groups is 1. The van der Waals surface area contributed by atoms with E-state index < -0.39 is 10.8 Å². The Labute approximate surface area is 212 Å². The number of rotatable bonds is 6. The van der Waals surface area contributed by atoms with Gasteiger partial charge in [0.15, 0.2) is 16.7 Å². The number of anilines is 1. The van der Waals surface area contributed by atoms with E-state index in [0.717, 1.165) is 22.8 Å². The number of benzene rings is 2. The van der Waals surface area contributed by atoms with Crippen molar-refractivity contribution in [2.24, 2.45) is 0 Å². The van der Waals surface area contributed by atoms with Crippen molar-refractivity contribution in [1.29, 1.82) is 0 Å². The molecule has 1 amide bonds. The van der Waals surface area contributed by atoms with Crippen molar-refractivity contribution in [3.8, 4) is 21.9 Å². The predicted octanol–water partition coefficient (Wildman–Crippen LogP) is 4.71. The maximum Gasteiger partial charge on any atom is 0.293 e. The molecule has 11 nitrogen and oxygen atoms in total. The normalized spacial score (nSPS) is 10.9. The van der Waals surface area contributed by atoms with E-state index in [2.05, 4.69) is 25.9 Å². The molecule has 0 aliphatic heterocycles. The minimum Gasteiger partial charge on any atom is -0.451 e. The molecule has 0 unspecified atom stereocenters. The van der Waals surface area contributed by atoms with Crippen molar-refractivity contribution in [2.75, 3.05) is 5.32 Å². The van der Waals surface area contributed by atoms with E-state index in [9.17, 15) is 14.9 Å². The van der Waals surface area contributed by atoms with Gasteiger partial charge in [-0.05, 0) is 36.5 Å². The molecule has 3 heterocycles. The Morgan fingerprint density at radius 1 is 1.14 bits per heavy atom. The summed E-state index contributed by atoms with van der Waals surface area (Å²) < 4.78 is 7.32. The van der Waals surface area contributed by atoms with E-state index in [0.29, 0.717) is 22.0 Å². The van der Waals surface area contributed by atoms with Gasteiger partial charge in [-0.2, -0.15) is 9.61 Å². The standard InChI is InChI=1S/C23H17N7O4S2/c1-2-19-26-27-23-29(19)28-21(36-23)14-6-3-7-15(11-14)24-22(35)25-20(31)18-10-9-17(34-18)13-5-4-8-16(12-13)30(32)33/h3-12H,2H2,1H3,(H2,24,25,31,35). The van der Waals surface area contributed by atoms with Gasteiger partial charge in [-0.1, -0.05) is 42.5 Å². The van der Waals surface area contributed by atoms with Crippen LogP contribution in [-0.2, 0) is 6.42 Å². The molecule has 0 aliphatic rings. The molecule has 0 aliphatic carbocycles. The third-order valence-corrected chi connectivity index (χ3v) is 6.29. The molecule has 0 saturated heterocycles. The highest BCUT2D eigenvalue weighted by Gasteiger charge is 2.16. The van der Waals surface area contributed by atoms with Crippen molar-refractivity contribution in [3.05, 3.63) is 82.4 Å². The van der Waals surface area contributed by atoms with Crippen LogP contribution in [0.2, 0.25) is 0 Å². The summed E-state index contributed by atoms with van der Waals surface area (Å²) in [5, 5.41) is 30.3. The van der Waals surface area contributed by atoms with E-state index >= 15 is 0 Å². The average Bonchev–Trinajstić information content (AvgIpc) is 3.60. The predicted molar refractivity (Wildman–Crippen MR) is 138 cm³/mol. The fraction of sp³-hybridized carbons (Fsp3) is 0.0870. The summed E-state index contributed by atoms with van der Waals surface area (Å²) in [6.45, 7) is 1.99. The first-order chi connectivity index (χ1) is 17.4. The smallest absolute Gasteiger partial charge is 0.293 e. The van der Waals surface area contributed by atoms with Crippen molar-refractivity contribution in [2.45, 2.75) is 13.3 Å². The maximum absolute atomic E-state index is 12.6. The zero-order valence-corrected chi connectivity index (χ0v) is 20.3. The van der Waals surface area contributed by atoms with Gasteiger partial charge in [0.1, 0.15) is 10.8 Å². The summed E-state index contributed by atoms with van der Waals surface area (Å²) >= 11 is 6.72. The Morgan fingerprint density at radius 2 is 1.94 bits per heavy atom. The molecule has 13 heteroatoms. The topological polar surface area (TPSA) is 140 Å². The number of nitro benzene ring substituents is 1. The van der Waals surface area contributed by atoms with Crippen LogP contribution in [0.25, 0.3) is 26.9 Å². The van der Waals surface area contributed by atoms with E-state index in [1.54, 1.807) is 22.7 Å². The van der Waals surface area contributed by atoms with Crippen molar-refractivity contribution < 1.29 is 14.1 Å². The van der Waals surface area contributed by atoms with E-state index in [4.69, 9.17) is 16.6 Å². The second-order valence-electron chi connectivity index (χ2n) is 7.53. The Bertz CT molecular complexity index is 1620. The summed E-state index contributed by atoms with van der Waals surface area (Å²) in [6.07, 6.45) is 0.725. The third kappa shape index (κ3) is 4.69. The van der Waals surface area contributed by atoms with Crippen LogP contribution >= 0.6 is 23.6 Å². The quantitative estimate of drug-likeness (QED) is 0.185. The molecule has 5 rings (SSSR count). The van der Waals surface area contributed by atoms with Crippen molar-refractivity contribution in [3.63, 3.8) is 0 Å². The molecule has 180 valence electrons. The summed E-state index contributed by atoms with van der Waals surface area (Å²) in [5.74, 6) is 0.575. The zero-order chi connectivity index (χ0) is 25.2. The Balaban J connectivity index is 1.26. The van der Waals surface area contributed by atoms with Crippen LogP contribution in [0.4, 0.5) is 11.4 Å². The lowest BCUT2D eigenvalue weighted by atomic mass is 10.1. The Hall–Kier alpha value is -4.49. The summed E-state index contributed by atoms with van der Waals surface area (Å²) in [6, 6.07) is 16.5. The number of thiocarbonyl (C=S) groups is 1. The molecule has 3 aromatic heterocycles. The van der Waals surface area contributed by atoms with Gasteiger partial charge in [-0.15, -0.1) is 10.2 Å². The zero-order valence-electron chi connectivity index (χ0n) is 18.7. The van der Waals surface area contributed by atoms with E-state index in [1.165, 1.54) is 29.5 Å². The number of furan rings is 1. The largest absolute Gasteiger partial charge is 0.451 e. The number of aryl methyl sites for hydroxylation is 1. The van der Waals surface area contributed by atoms with Crippen LogP contribution in [0.1, 0.15) is 23.3 Å². The molecular weight excluding hydrogens is 502 g/mol. The number of carbonyl (C=O) groups excluding carboxylic acids is 1. The van der Waals surface area contributed by atoms with Gasteiger partial charge >= 0.3 is 0 Å². The minimum atomic E-state index is -0.555. The minimum absolute atomic E-state index is 0.0147. The highest BCUT2D eigenvalue weighted by molar-refractivity contribution is 7.80. The molecular formula is C23H17N7O4S2. The van der Waals surface area contributed by atoms with E-state index in [1.807, 2.05) is 31.2 Å². The third-order valence-electron chi connectivity index (χ3n) is 5.14. The lowest BCUT2D eigenvalue weighted by Crippen LogP contribution is -2.33. The maximum atomic E-state index is 12.6. The molecule has 2 N–H and O–H groups in total. The summed E-state index contributed by atoms with van der Waals surface area (Å²) in [4.78, 5) is 23.8. The molecule has 0 bridgehead atoms. The van der Waals surface area contributed by atoms with Crippen LogP contribution in [-0.4, -0.2) is 35.8 Å². The lowest BCUT2D eigenvalue weighted by molar-refractivity contribution is -0.384. The van der Waals surface area contributed by atoms with Crippen LogP contribution in [0.5, 0.6) is 0 Å². The number of nitro groups is 1. The monoisotopic (exact) mass is 519 g/mol. The summed E-state index contributed by atoms with van der Waals surface area (Å²) in [5.41, 5.74) is 1.93. The molecule has 5 aromatic rings. The van der Waals surface area contributed by atoms with Gasteiger partial charge in [0, 0.05) is 35.4 Å². The number of fused-ring (bicyclic) bond motifs is 1. The fourth-order valence-corrected chi connectivity index (χ4v) is 4.50. The van der Waals surface area contributed by atoms with Crippen LogP contribution in [0.3, 0.4) is 0 Å². The highest BCUT2D eigenvalue weighted by atomic mass is 32.1. The van der Waals surface area contributed by atoms with Crippen LogP contribution in [0, 0.1) is 10.1 Å². The van der Waals surface area contributed by atoms with Gasteiger partial charge in [0.2, 0.25) is 4.96 Å². The number of amides is 1. The van der Waals surface area contributed by atoms with Gasteiger partial charge in [0.05, 0.1) is 4.92 Å². The molecule has 0 spiro atoms. The van der Waals surface area contributed by atoms with Gasteiger partial charge in [-0.3, -0.25) is 20.2 Å². The van der Waals surface area contributed by atoms with Crippen LogP contribution < -0.4 is 10.6 Å². The van der Waals surface area contributed by atoms with Crippen LogP contribution in [0.15, 0.2) is 65.1 Å². The molecule has 0 radical (unpaired) electrons. The average molecular weight is 520 g/mol. The lowest BCUT2D eigenvalue weighted by Gasteiger charge is -2.09. The fourth-order valence-electron chi connectivity index (χ4n) is 3.44. The molecule has 36 heavy (non-hydrogen) atoms. The van der Waals surface area contributed by atoms with Gasteiger partial charge < -0.3 is 9.73 Å². The second-order valence-corrected chi connectivity index (χ2v) is 8.90. The number of hydrogen-bond acceptors (Lipinski definition) is 9. The molecule has 0 atom stereocenters.